The number of carbonyl (C=O) groups is 4. The Balaban J connectivity index is 5.24. The Labute approximate surface area is 588 Å². The predicted molar refractivity (Wildman–Crippen MR) is 391 cm³/mol. The van der Waals surface area contributed by atoms with Crippen LogP contribution in [0.15, 0.2) is 0 Å². The van der Waals surface area contributed by atoms with Gasteiger partial charge < -0.3 is 33.8 Å². The summed E-state index contributed by atoms with van der Waals surface area (Å²) in [5.41, 5.74) is 0. The first kappa shape index (κ1) is 94.1. The van der Waals surface area contributed by atoms with Crippen LogP contribution in [0.3, 0.4) is 0 Å². The number of esters is 4. The summed E-state index contributed by atoms with van der Waals surface area (Å²) in [6, 6.07) is 0. The van der Waals surface area contributed by atoms with Crippen molar-refractivity contribution in [2.24, 2.45) is 23.7 Å². The number of aliphatic hydroxyl groups excluding tert-OH is 1. The summed E-state index contributed by atoms with van der Waals surface area (Å²) in [6.07, 6.45) is 51.4. The molecule has 5 atom stereocenters. The molecule has 0 aliphatic carbocycles. The normalized spacial score (nSPS) is 14.1. The van der Waals surface area contributed by atoms with E-state index in [9.17, 15) is 43.2 Å². The van der Waals surface area contributed by atoms with E-state index in [0.717, 1.165) is 114 Å². The Morgan fingerprint density at radius 2 is 0.438 bits per heavy atom. The van der Waals surface area contributed by atoms with Gasteiger partial charge in [-0.15, -0.1) is 0 Å². The van der Waals surface area contributed by atoms with Crippen LogP contribution in [-0.4, -0.2) is 96.7 Å². The molecule has 0 amide bonds. The minimum Gasteiger partial charge on any atom is -0.462 e. The minimum atomic E-state index is -4.96. The van der Waals surface area contributed by atoms with Crippen LogP contribution in [0.5, 0.6) is 0 Å². The summed E-state index contributed by atoms with van der Waals surface area (Å²) in [4.78, 5) is 72.9. The van der Waals surface area contributed by atoms with Gasteiger partial charge in [-0.25, -0.2) is 9.13 Å². The van der Waals surface area contributed by atoms with Crippen molar-refractivity contribution in [3.8, 4) is 0 Å². The van der Waals surface area contributed by atoms with Crippen molar-refractivity contribution in [1.29, 1.82) is 0 Å². The molecule has 0 rings (SSSR count). The third-order valence-corrected chi connectivity index (χ3v) is 19.7. The molecule has 19 heteroatoms. The van der Waals surface area contributed by atoms with Gasteiger partial charge in [0.25, 0.3) is 0 Å². The number of aliphatic hydroxyl groups is 1. The van der Waals surface area contributed by atoms with Crippen LogP contribution in [0.25, 0.3) is 0 Å². The van der Waals surface area contributed by atoms with Gasteiger partial charge in [0, 0.05) is 25.7 Å². The number of rotatable bonds is 74. The molecular weight excluding hydrogens is 1260 g/mol. The molecule has 0 radical (unpaired) electrons. The monoisotopic (exact) mass is 1410 g/mol. The number of phosphoric ester groups is 2. The Morgan fingerprint density at radius 3 is 0.646 bits per heavy atom. The molecule has 0 saturated carbocycles. The molecule has 0 aliphatic rings. The van der Waals surface area contributed by atoms with Crippen LogP contribution in [0.1, 0.15) is 389 Å². The minimum absolute atomic E-state index is 0.105. The molecule has 3 N–H and O–H groups in total. The van der Waals surface area contributed by atoms with E-state index in [0.29, 0.717) is 25.7 Å². The molecule has 17 nitrogen and oxygen atoms in total. The van der Waals surface area contributed by atoms with E-state index in [2.05, 4.69) is 55.4 Å². The fraction of sp³-hybridized carbons (Fsp3) is 0.948. The molecule has 0 aromatic heterocycles. The number of hydrogen-bond donors (Lipinski definition) is 3. The molecule has 0 saturated heterocycles. The number of unbranched alkanes of at least 4 members (excludes halogenated alkanes) is 40. The molecule has 0 spiro atoms. The maximum absolute atomic E-state index is 13.1. The fourth-order valence-corrected chi connectivity index (χ4v) is 13.3. The third kappa shape index (κ3) is 70.5. The Morgan fingerprint density at radius 1 is 0.260 bits per heavy atom. The zero-order valence-electron chi connectivity index (χ0n) is 63.0. The highest BCUT2D eigenvalue weighted by molar-refractivity contribution is 7.47. The maximum atomic E-state index is 13.1. The summed E-state index contributed by atoms with van der Waals surface area (Å²) in [7, 11) is -9.92. The summed E-state index contributed by atoms with van der Waals surface area (Å²) in [6.45, 7) is 14.2. The second kappa shape index (κ2) is 66.3. The van der Waals surface area contributed by atoms with Crippen LogP contribution in [0.4, 0.5) is 0 Å². The second-order valence-corrected chi connectivity index (χ2v) is 32.6. The van der Waals surface area contributed by atoms with Gasteiger partial charge in [0.15, 0.2) is 12.2 Å². The molecule has 0 bridgehead atoms. The van der Waals surface area contributed by atoms with Crippen LogP contribution < -0.4 is 0 Å². The number of carbonyl (C=O) groups excluding carboxylic acids is 4. The van der Waals surface area contributed by atoms with E-state index in [4.69, 9.17) is 37.0 Å². The van der Waals surface area contributed by atoms with Gasteiger partial charge in [0.05, 0.1) is 26.4 Å². The summed E-state index contributed by atoms with van der Waals surface area (Å²) < 4.78 is 68.6. The van der Waals surface area contributed by atoms with E-state index in [1.165, 1.54) is 193 Å². The van der Waals surface area contributed by atoms with Crippen molar-refractivity contribution in [2.45, 2.75) is 408 Å². The Hall–Kier alpha value is -1.94. The maximum Gasteiger partial charge on any atom is 0.472 e. The molecule has 0 heterocycles. The highest BCUT2D eigenvalue weighted by Crippen LogP contribution is 2.45. The van der Waals surface area contributed by atoms with E-state index >= 15 is 0 Å². The first-order valence-electron chi connectivity index (χ1n) is 39.7. The summed E-state index contributed by atoms with van der Waals surface area (Å²) in [5.74, 6) is 0.925. The lowest BCUT2D eigenvalue weighted by Crippen LogP contribution is -2.30. The summed E-state index contributed by atoms with van der Waals surface area (Å²) in [5, 5.41) is 10.6. The molecule has 0 aliphatic heterocycles. The van der Waals surface area contributed by atoms with E-state index in [-0.39, 0.29) is 25.7 Å². The molecule has 570 valence electrons. The first-order valence-corrected chi connectivity index (χ1v) is 42.7. The quantitative estimate of drug-likeness (QED) is 0.0222. The van der Waals surface area contributed by atoms with Gasteiger partial charge >= 0.3 is 39.5 Å². The lowest BCUT2D eigenvalue weighted by Gasteiger charge is -2.21. The smallest absolute Gasteiger partial charge is 0.462 e. The molecule has 3 unspecified atom stereocenters. The molecule has 0 fully saturated rings. The van der Waals surface area contributed by atoms with Gasteiger partial charge in [0.1, 0.15) is 19.3 Å². The zero-order valence-corrected chi connectivity index (χ0v) is 64.8. The Kier molecular flexibility index (Phi) is 65.0. The van der Waals surface area contributed by atoms with Crippen molar-refractivity contribution in [3.63, 3.8) is 0 Å². The van der Waals surface area contributed by atoms with E-state index in [1.54, 1.807) is 0 Å². The fourth-order valence-electron chi connectivity index (χ4n) is 11.7. The first-order chi connectivity index (χ1) is 46.1. The van der Waals surface area contributed by atoms with Crippen LogP contribution in [-0.2, 0) is 65.4 Å². The van der Waals surface area contributed by atoms with E-state index in [1.807, 2.05) is 0 Å². The predicted octanol–water partition coefficient (Wildman–Crippen LogP) is 22.4. The molecule has 0 aromatic rings. The van der Waals surface area contributed by atoms with Gasteiger partial charge in [-0.3, -0.25) is 37.3 Å². The Bertz CT molecular complexity index is 1880. The standard InChI is InChI=1S/C77H150O17P2/c1-67(2)53-45-37-29-21-16-13-11-9-10-12-14-18-24-35-43-51-59-76(81)93-72(63-87-74(79)57-49-41-33-26-20-23-31-39-47-55-69(5)6)65-91-95(83,84)89-61-71(78)62-90-96(85,86)92-66-73(64-88-75(80)58-50-42-34-28-27-32-40-48-56-70(7)8)94-77(82)60-52-44-36-25-19-15-17-22-30-38-46-54-68(3)4/h67-73,78H,9-66H2,1-8H3,(H,83,84)(H,85,86)/t71?,72-,73-/m1/s1. The van der Waals surface area contributed by atoms with E-state index < -0.39 is 97.5 Å². The van der Waals surface area contributed by atoms with Crippen LogP contribution in [0.2, 0.25) is 0 Å². The van der Waals surface area contributed by atoms with Crippen molar-refractivity contribution in [2.75, 3.05) is 39.6 Å². The van der Waals surface area contributed by atoms with Crippen molar-refractivity contribution in [3.05, 3.63) is 0 Å². The average Bonchev–Trinajstić information content (AvgIpc) is 1.14. The molecule has 0 aromatic carbocycles. The van der Waals surface area contributed by atoms with Crippen molar-refractivity contribution >= 4 is 39.5 Å². The number of ether oxygens (including phenoxy) is 4. The largest absolute Gasteiger partial charge is 0.472 e. The SMILES string of the molecule is CC(C)CCCCCCCCCCCCCCCCCCC(=O)O[C@H](COC(=O)CCCCCCCCCCCC(C)C)COP(=O)(O)OCC(O)COP(=O)(O)OC[C@@H](COC(=O)CCCCCCCCCCC(C)C)OC(=O)CCCCCCCCCCCCCC(C)C. The molecular formula is C77H150O17P2. The topological polar surface area (TPSA) is 237 Å². The highest BCUT2D eigenvalue weighted by atomic mass is 31.2. The third-order valence-electron chi connectivity index (χ3n) is 17.8. The second-order valence-electron chi connectivity index (χ2n) is 29.7. The van der Waals surface area contributed by atoms with Gasteiger partial charge in [0.2, 0.25) is 0 Å². The van der Waals surface area contributed by atoms with Gasteiger partial charge in [-0.05, 0) is 49.4 Å². The van der Waals surface area contributed by atoms with Crippen molar-refractivity contribution < 1.29 is 80.2 Å². The average molecular weight is 1410 g/mol. The number of hydrogen-bond acceptors (Lipinski definition) is 15. The summed E-state index contributed by atoms with van der Waals surface area (Å²) >= 11 is 0. The van der Waals surface area contributed by atoms with Gasteiger partial charge in [-0.2, -0.15) is 0 Å². The van der Waals surface area contributed by atoms with Crippen molar-refractivity contribution in [1.82, 2.24) is 0 Å². The zero-order chi connectivity index (χ0) is 71.0. The molecule has 96 heavy (non-hydrogen) atoms. The van der Waals surface area contributed by atoms with Gasteiger partial charge in [-0.1, -0.05) is 338 Å². The van der Waals surface area contributed by atoms with Crippen LogP contribution in [0, 0.1) is 23.7 Å². The lowest BCUT2D eigenvalue weighted by atomic mass is 10.0. The van der Waals surface area contributed by atoms with Crippen LogP contribution >= 0.6 is 15.6 Å². The number of phosphoric acid groups is 2. The lowest BCUT2D eigenvalue weighted by molar-refractivity contribution is -0.161. The highest BCUT2D eigenvalue weighted by Gasteiger charge is 2.30.